The van der Waals surface area contributed by atoms with Gasteiger partial charge in [-0.25, -0.2) is 5.43 Å². The Morgan fingerprint density at radius 1 is 1.04 bits per heavy atom. The highest BCUT2D eigenvalue weighted by molar-refractivity contribution is 5.83. The molecule has 0 radical (unpaired) electrons. The van der Waals surface area contributed by atoms with Gasteiger partial charge in [0.1, 0.15) is 0 Å². The molecule has 0 bridgehead atoms. The van der Waals surface area contributed by atoms with Gasteiger partial charge in [-0.1, -0.05) is 18.2 Å². The van der Waals surface area contributed by atoms with E-state index < -0.39 is 0 Å². The molecule has 1 fully saturated rings. The molecule has 7 nitrogen and oxygen atoms in total. The minimum atomic E-state index is -0.222. The lowest BCUT2D eigenvalue weighted by Crippen LogP contribution is -2.47. The predicted octanol–water partition coefficient (Wildman–Crippen LogP) is 1.76. The second kappa shape index (κ2) is 9.05. The molecular formula is C20H24N4O3. The fourth-order valence-electron chi connectivity index (χ4n) is 2.98. The number of benzene rings is 2. The Morgan fingerprint density at radius 2 is 1.78 bits per heavy atom. The number of rotatable bonds is 6. The molecule has 0 aliphatic carbocycles. The zero-order valence-corrected chi connectivity index (χ0v) is 15.1. The van der Waals surface area contributed by atoms with E-state index in [2.05, 4.69) is 32.5 Å². The topological polar surface area (TPSA) is 88.4 Å². The first-order chi connectivity index (χ1) is 13.1. The number of hydrogen-bond donors (Lipinski definition) is 3. The predicted molar refractivity (Wildman–Crippen MR) is 105 cm³/mol. The number of phenolic OH excluding ortho intramolecular Hbond substituents is 2. The van der Waals surface area contributed by atoms with Crippen molar-refractivity contribution >= 4 is 17.8 Å². The number of amides is 1. The van der Waals surface area contributed by atoms with Gasteiger partial charge < -0.3 is 15.1 Å². The van der Waals surface area contributed by atoms with Crippen LogP contribution in [-0.4, -0.2) is 60.0 Å². The van der Waals surface area contributed by atoms with Gasteiger partial charge in [0.05, 0.1) is 6.21 Å². The summed E-state index contributed by atoms with van der Waals surface area (Å²) in [6, 6.07) is 14.7. The lowest BCUT2D eigenvalue weighted by atomic mass is 10.2. The molecule has 1 aliphatic heterocycles. The second-order valence-electron chi connectivity index (χ2n) is 6.46. The van der Waals surface area contributed by atoms with Crippen LogP contribution >= 0.6 is 0 Å². The summed E-state index contributed by atoms with van der Waals surface area (Å²) in [5.74, 6) is -0.566. The van der Waals surface area contributed by atoms with Crippen molar-refractivity contribution < 1.29 is 15.0 Å². The third-order valence-corrected chi connectivity index (χ3v) is 4.55. The van der Waals surface area contributed by atoms with Crippen molar-refractivity contribution in [1.82, 2.24) is 10.3 Å². The van der Waals surface area contributed by atoms with Gasteiger partial charge in [-0.3, -0.25) is 9.69 Å². The summed E-state index contributed by atoms with van der Waals surface area (Å²) in [5.41, 5.74) is 4.31. The number of aromatic hydroxyl groups is 2. The zero-order valence-electron chi connectivity index (χ0n) is 15.1. The normalized spacial score (nSPS) is 15.2. The third kappa shape index (κ3) is 5.46. The minimum Gasteiger partial charge on any atom is -0.504 e. The number of para-hydroxylation sites is 1. The lowest BCUT2D eigenvalue weighted by molar-refractivity contribution is -0.121. The van der Waals surface area contributed by atoms with Crippen molar-refractivity contribution in [3.05, 3.63) is 54.1 Å². The smallest absolute Gasteiger partial charge is 0.241 e. The highest BCUT2D eigenvalue weighted by Gasteiger charge is 2.17. The zero-order chi connectivity index (χ0) is 19.1. The van der Waals surface area contributed by atoms with Gasteiger partial charge in [0.2, 0.25) is 5.91 Å². The number of nitrogens with zero attached hydrogens (tertiary/aromatic N) is 3. The maximum absolute atomic E-state index is 11.9. The Kier molecular flexibility index (Phi) is 6.27. The van der Waals surface area contributed by atoms with Crippen LogP contribution < -0.4 is 10.3 Å². The third-order valence-electron chi connectivity index (χ3n) is 4.55. The number of carbonyl (C=O) groups excluding carboxylic acids is 1. The number of hydrazone groups is 1. The van der Waals surface area contributed by atoms with Crippen molar-refractivity contribution in [3.8, 4) is 11.5 Å². The largest absolute Gasteiger partial charge is 0.504 e. The standard InChI is InChI=1S/C20H24N4O3/c25-18-7-6-16(14-19(18)26)15-21-22-20(27)8-9-23-10-12-24(13-11-23)17-4-2-1-3-5-17/h1-7,14-15,25-26H,8-13H2,(H,22,27)/b21-15+. The van der Waals surface area contributed by atoms with Crippen LogP contribution in [0.15, 0.2) is 53.6 Å². The molecule has 0 atom stereocenters. The lowest BCUT2D eigenvalue weighted by Gasteiger charge is -2.36. The van der Waals surface area contributed by atoms with Crippen LogP contribution in [0.5, 0.6) is 11.5 Å². The minimum absolute atomic E-state index is 0.153. The first kappa shape index (κ1) is 18.7. The van der Waals surface area contributed by atoms with Crippen molar-refractivity contribution in [2.75, 3.05) is 37.6 Å². The van der Waals surface area contributed by atoms with Crippen molar-refractivity contribution in [2.24, 2.45) is 5.10 Å². The molecule has 7 heteroatoms. The molecule has 1 saturated heterocycles. The van der Waals surface area contributed by atoms with E-state index in [9.17, 15) is 15.0 Å². The summed E-state index contributed by atoms with van der Waals surface area (Å²) >= 11 is 0. The Balaban J connectivity index is 1.37. The molecule has 0 saturated carbocycles. The Morgan fingerprint density at radius 3 is 2.48 bits per heavy atom. The van der Waals surface area contributed by atoms with E-state index in [0.29, 0.717) is 18.5 Å². The van der Waals surface area contributed by atoms with Crippen molar-refractivity contribution in [2.45, 2.75) is 6.42 Å². The molecule has 2 aromatic rings. The summed E-state index contributed by atoms with van der Waals surface area (Å²) < 4.78 is 0. The van der Waals surface area contributed by atoms with Gasteiger partial charge in [-0.2, -0.15) is 5.10 Å². The van der Waals surface area contributed by atoms with Crippen LogP contribution in [0.3, 0.4) is 0 Å². The van der Waals surface area contributed by atoms with Crippen LogP contribution in [0.2, 0.25) is 0 Å². The number of anilines is 1. The Labute approximate surface area is 158 Å². The summed E-state index contributed by atoms with van der Waals surface area (Å²) in [5, 5.41) is 22.6. The molecule has 142 valence electrons. The average molecular weight is 368 g/mol. The van der Waals surface area contributed by atoms with E-state index in [0.717, 1.165) is 26.2 Å². The summed E-state index contributed by atoms with van der Waals surface area (Å²) in [4.78, 5) is 16.6. The fourth-order valence-corrected chi connectivity index (χ4v) is 2.98. The number of piperazine rings is 1. The molecule has 0 unspecified atom stereocenters. The fraction of sp³-hybridized carbons (Fsp3) is 0.300. The summed E-state index contributed by atoms with van der Waals surface area (Å²) in [6.07, 6.45) is 1.80. The Hall–Kier alpha value is -3.06. The molecule has 2 aromatic carbocycles. The monoisotopic (exact) mass is 368 g/mol. The van der Waals surface area contributed by atoms with Crippen LogP contribution in [0.1, 0.15) is 12.0 Å². The number of carbonyl (C=O) groups is 1. The van der Waals surface area contributed by atoms with E-state index in [1.165, 1.54) is 24.0 Å². The molecule has 27 heavy (non-hydrogen) atoms. The SMILES string of the molecule is O=C(CCN1CCN(c2ccccc2)CC1)N/N=C/c1ccc(O)c(O)c1. The highest BCUT2D eigenvalue weighted by atomic mass is 16.3. The summed E-state index contributed by atoms with van der Waals surface area (Å²) in [6.45, 7) is 4.46. The first-order valence-corrected chi connectivity index (χ1v) is 8.98. The van der Waals surface area contributed by atoms with Gasteiger partial charge in [0, 0.05) is 44.8 Å². The van der Waals surface area contributed by atoms with Crippen LogP contribution in [0.4, 0.5) is 5.69 Å². The van der Waals surface area contributed by atoms with Crippen LogP contribution in [-0.2, 0) is 4.79 Å². The molecule has 1 heterocycles. The second-order valence-corrected chi connectivity index (χ2v) is 6.46. The van der Waals surface area contributed by atoms with Gasteiger partial charge in [-0.05, 0) is 35.9 Å². The Bertz CT molecular complexity index is 787. The maximum atomic E-state index is 11.9. The molecule has 3 rings (SSSR count). The molecule has 1 amide bonds. The number of hydrogen-bond acceptors (Lipinski definition) is 6. The molecule has 1 aliphatic rings. The van der Waals surface area contributed by atoms with Crippen LogP contribution in [0, 0.1) is 0 Å². The quantitative estimate of drug-likeness (QED) is 0.411. The van der Waals surface area contributed by atoms with Gasteiger partial charge >= 0.3 is 0 Å². The van der Waals surface area contributed by atoms with Crippen molar-refractivity contribution in [3.63, 3.8) is 0 Å². The molecular weight excluding hydrogens is 344 g/mol. The summed E-state index contributed by atoms with van der Waals surface area (Å²) in [7, 11) is 0. The van der Waals surface area contributed by atoms with E-state index >= 15 is 0 Å². The van der Waals surface area contributed by atoms with Crippen molar-refractivity contribution in [1.29, 1.82) is 0 Å². The van der Waals surface area contributed by atoms with E-state index in [4.69, 9.17) is 0 Å². The van der Waals surface area contributed by atoms with E-state index in [-0.39, 0.29) is 17.4 Å². The molecule has 0 aromatic heterocycles. The number of phenols is 2. The molecule has 3 N–H and O–H groups in total. The number of nitrogens with one attached hydrogen (secondary N) is 1. The van der Waals surface area contributed by atoms with Crippen LogP contribution in [0.25, 0.3) is 0 Å². The maximum Gasteiger partial charge on any atom is 0.241 e. The van der Waals surface area contributed by atoms with Gasteiger partial charge in [0.25, 0.3) is 0 Å². The van der Waals surface area contributed by atoms with Gasteiger partial charge in [-0.15, -0.1) is 0 Å². The van der Waals surface area contributed by atoms with Gasteiger partial charge in [0.15, 0.2) is 11.5 Å². The molecule has 0 spiro atoms. The van der Waals surface area contributed by atoms with E-state index in [1.807, 2.05) is 18.2 Å². The highest BCUT2D eigenvalue weighted by Crippen LogP contribution is 2.23. The van der Waals surface area contributed by atoms with E-state index in [1.54, 1.807) is 6.07 Å². The first-order valence-electron chi connectivity index (χ1n) is 8.98. The average Bonchev–Trinajstić information content (AvgIpc) is 2.70.